The molecule has 11 nitrogen and oxygen atoms in total. The number of nitrogens with two attached hydrogens (primary N) is 2. The molecule has 0 bridgehead atoms. The number of phenols is 2. The molecule has 3 aromatic carbocycles. The quantitative estimate of drug-likeness (QED) is 0.0423. The Morgan fingerprint density at radius 2 is 1.81 bits per heavy atom. The maximum atomic E-state index is 13.7. The van der Waals surface area contributed by atoms with Crippen LogP contribution in [-0.2, 0) is 22.4 Å². The van der Waals surface area contributed by atoms with Crippen LogP contribution in [0.4, 0.5) is 0 Å². The topological polar surface area (TPSA) is 201 Å². The van der Waals surface area contributed by atoms with E-state index in [0.717, 1.165) is 59.7 Å². The van der Waals surface area contributed by atoms with E-state index in [1.807, 2.05) is 18.2 Å². The van der Waals surface area contributed by atoms with Crippen molar-refractivity contribution in [2.75, 3.05) is 20.2 Å². The molecule has 59 heavy (non-hydrogen) atoms. The Kier molecular flexibility index (Phi) is 13.5. The minimum absolute atomic E-state index is 0.00727. The Morgan fingerprint density at radius 3 is 2.59 bits per heavy atom. The minimum atomic E-state index is -0.903. The van der Waals surface area contributed by atoms with Crippen LogP contribution in [0.25, 0.3) is 10.8 Å². The number of fused-ring (bicyclic) bond motifs is 4. The molecule has 9 N–H and O–H groups in total. The summed E-state index contributed by atoms with van der Waals surface area (Å²) in [6.07, 6.45) is 10.8. The first-order valence-corrected chi connectivity index (χ1v) is 21.8. The van der Waals surface area contributed by atoms with Gasteiger partial charge in [-0.1, -0.05) is 49.7 Å². The summed E-state index contributed by atoms with van der Waals surface area (Å²) in [7, 11) is 1.49. The highest BCUT2D eigenvalue weighted by Gasteiger charge is 2.51. The number of carbonyl (C=O) groups excluding carboxylic acids is 2. The van der Waals surface area contributed by atoms with E-state index < -0.39 is 24.0 Å². The molecule has 316 valence electrons. The normalized spacial score (nSPS) is 24.8. The summed E-state index contributed by atoms with van der Waals surface area (Å²) in [5.74, 6) is 7.13. The molecule has 0 radical (unpaired) electrons. The van der Waals surface area contributed by atoms with Crippen molar-refractivity contribution < 1.29 is 34.8 Å². The highest BCUT2D eigenvalue weighted by atomic mass is 16.5. The Balaban J connectivity index is 1.03. The maximum Gasteiger partial charge on any atom is 0.185 e. The number of nitrogens with zero attached hydrogens (tertiary/aromatic N) is 1. The molecule has 0 unspecified atom stereocenters. The number of nitrogens with one attached hydrogen (secondary N) is 1. The monoisotopic (exact) mass is 806 g/mol. The lowest BCUT2D eigenvalue weighted by molar-refractivity contribution is -0.129. The fourth-order valence-electron chi connectivity index (χ4n) is 10.9. The van der Waals surface area contributed by atoms with E-state index in [-0.39, 0.29) is 35.1 Å². The lowest BCUT2D eigenvalue weighted by Gasteiger charge is -2.50. The van der Waals surface area contributed by atoms with Gasteiger partial charge in [0.05, 0.1) is 19.3 Å². The van der Waals surface area contributed by atoms with Crippen molar-refractivity contribution in [3.05, 3.63) is 64.7 Å². The number of benzene rings is 3. The number of aliphatic hydroxyl groups is 2. The average molecular weight is 807 g/mol. The minimum Gasteiger partial charge on any atom is -0.508 e. The van der Waals surface area contributed by atoms with Crippen LogP contribution in [0.15, 0.2) is 47.5 Å². The van der Waals surface area contributed by atoms with Gasteiger partial charge in [-0.05, 0) is 145 Å². The summed E-state index contributed by atoms with van der Waals surface area (Å²) in [5.41, 5.74) is 14.5. The molecule has 7 rings (SSSR count). The van der Waals surface area contributed by atoms with Crippen molar-refractivity contribution in [3.8, 4) is 29.1 Å². The van der Waals surface area contributed by atoms with Crippen LogP contribution >= 0.6 is 0 Å². The second kappa shape index (κ2) is 18.7. The summed E-state index contributed by atoms with van der Waals surface area (Å²) in [4.78, 5) is 30.5. The number of unbranched alkanes of at least 4 members (excludes halogenated alkanes) is 1. The molecule has 0 amide bonds. The summed E-state index contributed by atoms with van der Waals surface area (Å²) in [5, 5.41) is 49.7. The van der Waals surface area contributed by atoms with Gasteiger partial charge in [-0.2, -0.15) is 0 Å². The number of methoxy groups -OCH3 is 1. The second-order valence-corrected chi connectivity index (χ2v) is 17.8. The SMILES string of the molecule is COc1cc2c(cc1O)[C@H](CC[C@H](O)c1cc(CCN=C(N)N)c3cc(O)ccc3c1)C#C[C@H]([C@H](O)CCCC[C@@H]1CN[C@@H]3CC(=O)CC4(CCCC4)[C@@H]3C1)C(=O)CC2. The first kappa shape index (κ1) is 42.5. The van der Waals surface area contributed by atoms with Gasteiger partial charge in [0, 0.05) is 37.8 Å². The molecule has 1 saturated heterocycles. The molecule has 3 aromatic rings. The van der Waals surface area contributed by atoms with Crippen LogP contribution in [0, 0.1) is 35.0 Å². The summed E-state index contributed by atoms with van der Waals surface area (Å²) < 4.78 is 5.43. The molecule has 7 atom stereocenters. The fraction of sp³-hybridized carbons (Fsp3) is 0.562. The van der Waals surface area contributed by atoms with Gasteiger partial charge in [-0.15, -0.1) is 0 Å². The lowest BCUT2D eigenvalue weighted by atomic mass is 9.58. The highest BCUT2D eigenvalue weighted by molar-refractivity contribution is 5.88. The Hall–Kier alpha value is -4.63. The number of aromatic hydroxyl groups is 2. The average Bonchev–Trinajstić information content (AvgIpc) is 3.69. The predicted molar refractivity (Wildman–Crippen MR) is 229 cm³/mol. The zero-order valence-electron chi connectivity index (χ0n) is 34.4. The van der Waals surface area contributed by atoms with Crippen molar-refractivity contribution in [2.24, 2.45) is 39.6 Å². The fourth-order valence-corrected chi connectivity index (χ4v) is 10.9. The maximum absolute atomic E-state index is 13.7. The van der Waals surface area contributed by atoms with Gasteiger partial charge in [0.1, 0.15) is 17.5 Å². The van der Waals surface area contributed by atoms with Crippen LogP contribution in [0.5, 0.6) is 17.2 Å². The Bertz CT molecular complexity index is 2100. The molecular weight excluding hydrogens is 745 g/mol. The van der Waals surface area contributed by atoms with Crippen molar-refractivity contribution >= 4 is 28.3 Å². The first-order chi connectivity index (χ1) is 28.4. The Morgan fingerprint density at radius 1 is 1.00 bits per heavy atom. The smallest absolute Gasteiger partial charge is 0.185 e. The van der Waals surface area contributed by atoms with Crippen LogP contribution < -0.4 is 21.5 Å². The summed E-state index contributed by atoms with van der Waals surface area (Å²) in [6, 6.07) is 12.7. The van der Waals surface area contributed by atoms with Crippen molar-refractivity contribution in [1.82, 2.24) is 5.32 Å². The summed E-state index contributed by atoms with van der Waals surface area (Å²) in [6.45, 7) is 1.28. The number of aryl methyl sites for hydroxylation is 1. The molecule has 1 aliphatic heterocycles. The van der Waals surface area contributed by atoms with Crippen molar-refractivity contribution in [1.29, 1.82) is 0 Å². The zero-order chi connectivity index (χ0) is 41.7. The molecule has 2 saturated carbocycles. The number of guanidine groups is 1. The number of hydrogen-bond acceptors (Lipinski definition) is 9. The second-order valence-electron chi connectivity index (χ2n) is 17.8. The largest absolute Gasteiger partial charge is 0.508 e. The standard InChI is InChI=1S/C48H62N4O7/c1-59-46-23-32-11-15-44(57)37(43(56)7-3-2-6-29-20-40-41(52-28-29)25-36(54)27-48(40)17-4-5-18-48)13-9-30(39(32)26-45(46)58)10-14-42(55)34-21-31-8-12-35(53)24-38(31)33(22-34)16-19-51-47(49)50/h8,12,21-24,26,29-30,37,40-43,52-53,55-56,58H,2-7,10-11,14-20,25,27-28H2,1H3,(H4,49,50,51)/t29-,30-,37+,40+,41+,42-,43+/m0/s1. The van der Waals surface area contributed by atoms with Gasteiger partial charge in [0.25, 0.3) is 0 Å². The van der Waals surface area contributed by atoms with Gasteiger partial charge >= 0.3 is 0 Å². The third-order valence-corrected chi connectivity index (χ3v) is 13.9. The van der Waals surface area contributed by atoms with Crippen LogP contribution in [0.3, 0.4) is 0 Å². The van der Waals surface area contributed by atoms with Crippen molar-refractivity contribution in [3.63, 3.8) is 0 Å². The third kappa shape index (κ3) is 9.88. The predicted octanol–water partition coefficient (Wildman–Crippen LogP) is 6.25. The number of phenolic OH excluding ortho intramolecular Hbond substituents is 2. The number of carbonyl (C=O) groups is 2. The number of piperidine rings is 1. The van der Waals surface area contributed by atoms with Gasteiger partial charge in [0.2, 0.25) is 0 Å². The van der Waals surface area contributed by atoms with Crippen LogP contribution in [-0.4, -0.2) is 70.3 Å². The van der Waals surface area contributed by atoms with E-state index in [9.17, 15) is 30.0 Å². The first-order valence-electron chi connectivity index (χ1n) is 21.8. The number of rotatable bonds is 14. The molecule has 3 fully saturated rings. The molecular formula is C48H62N4O7. The van der Waals surface area contributed by atoms with Crippen LogP contribution in [0.1, 0.15) is 124 Å². The number of hydrogen-bond donors (Lipinski definition) is 7. The molecule has 1 spiro atoms. The van der Waals surface area contributed by atoms with E-state index >= 15 is 0 Å². The van der Waals surface area contributed by atoms with E-state index in [2.05, 4.69) is 22.2 Å². The lowest BCUT2D eigenvalue weighted by Crippen LogP contribution is -2.55. The molecule has 0 aromatic heterocycles. The molecule has 11 heteroatoms. The number of ketones is 2. The van der Waals surface area contributed by atoms with Gasteiger partial charge < -0.3 is 41.9 Å². The Labute approximate surface area is 348 Å². The van der Waals surface area contributed by atoms with E-state index in [4.69, 9.17) is 16.2 Å². The number of Topliss-reactive ketones (excluding diaryl/α,β-unsaturated/α-hetero) is 2. The number of aliphatic hydroxyl groups excluding tert-OH is 2. The van der Waals surface area contributed by atoms with Crippen LogP contribution in [0.2, 0.25) is 0 Å². The molecule has 3 aliphatic carbocycles. The highest BCUT2D eigenvalue weighted by Crippen LogP contribution is 2.54. The third-order valence-electron chi connectivity index (χ3n) is 13.9. The van der Waals surface area contributed by atoms with Crippen molar-refractivity contribution in [2.45, 2.75) is 127 Å². The number of ether oxygens (including phenoxy) is 1. The van der Waals surface area contributed by atoms with Gasteiger partial charge in [-0.3, -0.25) is 14.6 Å². The van der Waals surface area contributed by atoms with E-state index in [0.29, 0.717) is 80.0 Å². The van der Waals surface area contributed by atoms with Gasteiger partial charge in [0.15, 0.2) is 23.2 Å². The van der Waals surface area contributed by atoms with E-state index in [1.165, 1.54) is 39.2 Å². The zero-order valence-corrected chi connectivity index (χ0v) is 34.4. The summed E-state index contributed by atoms with van der Waals surface area (Å²) >= 11 is 0. The molecule has 4 aliphatic rings. The van der Waals surface area contributed by atoms with E-state index in [1.54, 1.807) is 24.3 Å². The molecule has 1 heterocycles. The van der Waals surface area contributed by atoms with Gasteiger partial charge in [-0.25, -0.2) is 0 Å². The number of aliphatic imine (C=N–C) groups is 1.